The maximum Gasteiger partial charge on any atom is 0.338 e. The molecule has 0 amide bonds. The fourth-order valence-corrected chi connectivity index (χ4v) is 5.78. The number of hydrogen-bond donors (Lipinski definition) is 0. The van der Waals surface area contributed by atoms with E-state index in [9.17, 15) is 9.59 Å². The lowest BCUT2D eigenvalue weighted by atomic mass is 9.91. The van der Waals surface area contributed by atoms with Crippen LogP contribution >= 0.6 is 11.3 Å². The molecule has 8 heteroatoms. The van der Waals surface area contributed by atoms with E-state index in [4.69, 9.17) is 14.2 Å². The average Bonchev–Trinajstić information content (AvgIpc) is 3.47. The zero-order valence-electron chi connectivity index (χ0n) is 19.7. The molecule has 2 aliphatic heterocycles. The Labute approximate surface area is 210 Å². The molecule has 3 heterocycles. The highest BCUT2D eigenvalue weighted by atomic mass is 32.1. The topological polar surface area (TPSA) is 79.1 Å². The Morgan fingerprint density at radius 3 is 2.81 bits per heavy atom. The molecule has 0 radical (unpaired) electrons. The summed E-state index contributed by atoms with van der Waals surface area (Å²) in [4.78, 5) is 32.2. The Balaban J connectivity index is 1.59. The molecular formula is C28H22N2O5S. The molecular weight excluding hydrogens is 476 g/mol. The molecule has 1 aromatic heterocycles. The van der Waals surface area contributed by atoms with Crippen molar-refractivity contribution >= 4 is 34.2 Å². The number of fused-ring (bicyclic) bond motifs is 3. The highest BCUT2D eigenvalue weighted by Gasteiger charge is 2.34. The normalized spacial score (nSPS) is 16.7. The van der Waals surface area contributed by atoms with Gasteiger partial charge in [0.2, 0.25) is 6.79 Å². The van der Waals surface area contributed by atoms with Crippen LogP contribution in [0.2, 0.25) is 0 Å². The van der Waals surface area contributed by atoms with Gasteiger partial charge in [-0.3, -0.25) is 9.36 Å². The van der Waals surface area contributed by atoms with Crippen molar-refractivity contribution in [3.63, 3.8) is 0 Å². The molecule has 1 atom stereocenters. The summed E-state index contributed by atoms with van der Waals surface area (Å²) in [6.07, 6.45) is 1.81. The van der Waals surface area contributed by atoms with E-state index in [1.54, 1.807) is 18.4 Å². The number of carbonyl (C=O) groups excluding carboxylic acids is 1. The van der Waals surface area contributed by atoms with Gasteiger partial charge in [-0.1, -0.05) is 59.9 Å². The molecule has 0 fully saturated rings. The van der Waals surface area contributed by atoms with Crippen LogP contribution in [-0.2, 0) is 9.53 Å². The van der Waals surface area contributed by atoms with Crippen LogP contribution in [0, 0.1) is 0 Å². The van der Waals surface area contributed by atoms with Crippen molar-refractivity contribution in [2.75, 3.05) is 13.4 Å². The predicted octanol–water partition coefficient (Wildman–Crippen LogP) is 3.68. The SMILES string of the molecule is CCOC(=O)C1=C(C)N=c2s/c(=C\c3ccc4c(c3)OCO4)c(=O)n2[C@@H]1c1cccc2ccccc12. The first-order valence-corrected chi connectivity index (χ1v) is 12.4. The van der Waals surface area contributed by atoms with Gasteiger partial charge in [-0.25, -0.2) is 9.79 Å². The summed E-state index contributed by atoms with van der Waals surface area (Å²) < 4.78 is 18.4. The lowest BCUT2D eigenvalue weighted by Gasteiger charge is -2.25. The van der Waals surface area contributed by atoms with E-state index < -0.39 is 12.0 Å². The summed E-state index contributed by atoms with van der Waals surface area (Å²) >= 11 is 1.29. The summed E-state index contributed by atoms with van der Waals surface area (Å²) in [6.45, 7) is 3.97. The van der Waals surface area contributed by atoms with Crippen LogP contribution in [0.25, 0.3) is 16.8 Å². The van der Waals surface area contributed by atoms with Crippen molar-refractivity contribution < 1.29 is 19.0 Å². The third-order valence-electron chi connectivity index (χ3n) is 6.33. The molecule has 0 saturated heterocycles. The lowest BCUT2D eigenvalue weighted by Crippen LogP contribution is -2.40. The van der Waals surface area contributed by atoms with Gasteiger partial charge in [0.1, 0.15) is 0 Å². The van der Waals surface area contributed by atoms with Gasteiger partial charge in [0.25, 0.3) is 5.56 Å². The first kappa shape index (κ1) is 22.3. The lowest BCUT2D eigenvalue weighted by molar-refractivity contribution is -0.139. The molecule has 0 spiro atoms. The summed E-state index contributed by atoms with van der Waals surface area (Å²) in [7, 11) is 0. The predicted molar refractivity (Wildman–Crippen MR) is 137 cm³/mol. The molecule has 0 bridgehead atoms. The minimum absolute atomic E-state index is 0.182. The highest BCUT2D eigenvalue weighted by molar-refractivity contribution is 7.07. The number of benzene rings is 3. The minimum Gasteiger partial charge on any atom is -0.463 e. The zero-order valence-corrected chi connectivity index (χ0v) is 20.5. The van der Waals surface area contributed by atoms with Gasteiger partial charge in [-0.05, 0) is 54.0 Å². The Morgan fingerprint density at radius 2 is 1.94 bits per heavy atom. The fourth-order valence-electron chi connectivity index (χ4n) is 4.73. The average molecular weight is 499 g/mol. The third-order valence-corrected chi connectivity index (χ3v) is 7.31. The van der Waals surface area contributed by atoms with Gasteiger partial charge in [0.15, 0.2) is 16.3 Å². The number of ether oxygens (including phenoxy) is 3. The fraction of sp³-hybridized carbons (Fsp3) is 0.179. The van der Waals surface area contributed by atoms with E-state index in [0.717, 1.165) is 21.9 Å². The second-order valence-corrected chi connectivity index (χ2v) is 9.49. The summed E-state index contributed by atoms with van der Waals surface area (Å²) in [5.74, 6) is 0.853. The van der Waals surface area contributed by atoms with Crippen molar-refractivity contribution in [3.8, 4) is 11.5 Å². The number of hydrogen-bond acceptors (Lipinski definition) is 7. The molecule has 0 N–H and O–H groups in total. The van der Waals surface area contributed by atoms with Crippen LogP contribution in [0.5, 0.6) is 11.5 Å². The summed E-state index contributed by atoms with van der Waals surface area (Å²) in [5.41, 5.74) is 2.36. The van der Waals surface area contributed by atoms with Gasteiger partial charge in [-0.2, -0.15) is 0 Å². The summed E-state index contributed by atoms with van der Waals surface area (Å²) in [5, 5.41) is 1.99. The molecule has 180 valence electrons. The van der Waals surface area contributed by atoms with Gasteiger partial charge in [0.05, 0.1) is 28.5 Å². The van der Waals surface area contributed by atoms with E-state index in [2.05, 4.69) is 4.99 Å². The van der Waals surface area contributed by atoms with Gasteiger partial charge in [-0.15, -0.1) is 0 Å². The number of allylic oxidation sites excluding steroid dienone is 1. The number of aromatic nitrogens is 1. The van der Waals surface area contributed by atoms with E-state index in [1.165, 1.54) is 11.3 Å². The number of rotatable bonds is 4. The van der Waals surface area contributed by atoms with Crippen molar-refractivity contribution in [1.29, 1.82) is 0 Å². The smallest absolute Gasteiger partial charge is 0.338 e. The standard InChI is InChI=1S/C28H22N2O5S/c1-3-33-27(32)24-16(2)29-28-30(25(24)20-10-6-8-18-7-4-5-9-19(18)20)26(31)23(36-28)14-17-11-12-21-22(13-17)35-15-34-21/h4-14,25H,3,15H2,1-2H3/b23-14-/t25-/m1/s1. The molecule has 0 unspecified atom stereocenters. The number of thiazole rings is 1. The Morgan fingerprint density at radius 1 is 1.14 bits per heavy atom. The first-order chi connectivity index (χ1) is 17.5. The van der Waals surface area contributed by atoms with Crippen LogP contribution in [-0.4, -0.2) is 23.9 Å². The molecule has 36 heavy (non-hydrogen) atoms. The van der Waals surface area contributed by atoms with Crippen LogP contribution in [0.15, 0.2) is 81.7 Å². The van der Waals surface area contributed by atoms with Crippen LogP contribution in [0.3, 0.4) is 0 Å². The summed E-state index contributed by atoms with van der Waals surface area (Å²) in [6, 6.07) is 18.8. The van der Waals surface area contributed by atoms with Crippen molar-refractivity contribution in [1.82, 2.24) is 4.57 Å². The molecule has 7 nitrogen and oxygen atoms in total. The van der Waals surface area contributed by atoms with E-state index in [-0.39, 0.29) is 19.0 Å². The number of esters is 1. The molecule has 0 aliphatic carbocycles. The Hall–Kier alpha value is -4.17. The van der Waals surface area contributed by atoms with Crippen LogP contribution in [0.4, 0.5) is 0 Å². The van der Waals surface area contributed by atoms with Crippen molar-refractivity contribution in [2.24, 2.45) is 4.99 Å². The Bertz CT molecular complexity index is 1740. The second-order valence-electron chi connectivity index (χ2n) is 8.48. The first-order valence-electron chi connectivity index (χ1n) is 11.6. The van der Waals surface area contributed by atoms with Gasteiger partial charge < -0.3 is 14.2 Å². The third kappa shape index (κ3) is 3.61. The van der Waals surface area contributed by atoms with Crippen LogP contribution < -0.4 is 24.4 Å². The van der Waals surface area contributed by atoms with Crippen molar-refractivity contribution in [3.05, 3.63) is 103 Å². The molecule has 3 aromatic carbocycles. The van der Waals surface area contributed by atoms with E-state index in [0.29, 0.717) is 32.1 Å². The van der Waals surface area contributed by atoms with Crippen LogP contribution in [0.1, 0.15) is 31.0 Å². The monoisotopic (exact) mass is 498 g/mol. The minimum atomic E-state index is -0.662. The number of carbonyl (C=O) groups is 1. The zero-order chi connectivity index (χ0) is 24.8. The largest absolute Gasteiger partial charge is 0.463 e. The van der Waals surface area contributed by atoms with Gasteiger partial charge in [0, 0.05) is 0 Å². The molecule has 0 saturated carbocycles. The van der Waals surface area contributed by atoms with E-state index in [1.807, 2.05) is 66.7 Å². The molecule has 2 aliphatic rings. The van der Waals surface area contributed by atoms with Crippen molar-refractivity contribution in [2.45, 2.75) is 19.9 Å². The second kappa shape index (κ2) is 8.80. The van der Waals surface area contributed by atoms with E-state index >= 15 is 0 Å². The molecule has 6 rings (SSSR count). The quantitative estimate of drug-likeness (QED) is 0.401. The highest BCUT2D eigenvalue weighted by Crippen LogP contribution is 2.35. The molecule has 4 aromatic rings. The maximum atomic E-state index is 13.9. The Kier molecular flexibility index (Phi) is 5.45. The number of nitrogens with zero attached hydrogens (tertiary/aromatic N) is 2. The maximum absolute atomic E-state index is 13.9. The van der Waals surface area contributed by atoms with Gasteiger partial charge >= 0.3 is 5.97 Å².